The summed E-state index contributed by atoms with van der Waals surface area (Å²) in [7, 11) is 1.69. The van der Waals surface area contributed by atoms with E-state index in [2.05, 4.69) is 54.6 Å². The lowest BCUT2D eigenvalue weighted by Crippen LogP contribution is -1.89. The van der Waals surface area contributed by atoms with Crippen molar-refractivity contribution in [2.75, 3.05) is 7.11 Å². The molecule has 0 N–H and O–H groups in total. The van der Waals surface area contributed by atoms with Gasteiger partial charge in [-0.05, 0) is 46.5 Å². The van der Waals surface area contributed by atoms with Gasteiger partial charge in [-0.2, -0.15) is 0 Å². The van der Waals surface area contributed by atoms with Gasteiger partial charge < -0.3 is 4.74 Å². The lowest BCUT2D eigenvalue weighted by atomic mass is 10.0. The molecule has 0 aliphatic heterocycles. The van der Waals surface area contributed by atoms with E-state index in [4.69, 9.17) is 9.72 Å². The number of benzene rings is 3. The number of rotatable bonds is 2. The molecule has 2 heteroatoms. The summed E-state index contributed by atoms with van der Waals surface area (Å²) >= 11 is 0. The zero-order chi connectivity index (χ0) is 16.1. The minimum atomic E-state index is 0.847. The Kier molecular flexibility index (Phi) is 2.74. The third kappa shape index (κ3) is 1.80. The summed E-state index contributed by atoms with van der Waals surface area (Å²) in [4.78, 5) is 4.91. The molecular weight excluding hydrogens is 294 g/mol. The van der Waals surface area contributed by atoms with Gasteiger partial charge in [-0.15, -0.1) is 0 Å². The molecular formula is C22H15NO. The highest BCUT2D eigenvalue weighted by Gasteiger charge is 2.22. The van der Waals surface area contributed by atoms with Crippen LogP contribution < -0.4 is 4.74 Å². The van der Waals surface area contributed by atoms with Crippen LogP contribution in [0.4, 0.5) is 0 Å². The predicted molar refractivity (Wildman–Crippen MR) is 98.2 cm³/mol. The third-order valence-electron chi connectivity index (χ3n) is 4.71. The molecule has 0 amide bonds. The third-order valence-corrected chi connectivity index (χ3v) is 4.71. The van der Waals surface area contributed by atoms with Gasteiger partial charge >= 0.3 is 0 Å². The Hall–Kier alpha value is -3.13. The van der Waals surface area contributed by atoms with E-state index in [9.17, 15) is 0 Å². The fraction of sp³-hybridized carbons (Fsp3) is 0.0455. The molecule has 4 aromatic rings. The first-order chi connectivity index (χ1) is 11.8. The van der Waals surface area contributed by atoms with Crippen LogP contribution >= 0.6 is 0 Å². The summed E-state index contributed by atoms with van der Waals surface area (Å²) in [5.74, 6) is 0.847. The van der Waals surface area contributed by atoms with Crippen LogP contribution in [0.5, 0.6) is 5.75 Å². The van der Waals surface area contributed by atoms with Gasteiger partial charge in [-0.3, -0.25) is 0 Å². The highest BCUT2D eigenvalue weighted by Crippen LogP contribution is 2.47. The van der Waals surface area contributed by atoms with Crippen molar-refractivity contribution in [2.45, 2.75) is 0 Å². The van der Waals surface area contributed by atoms with Gasteiger partial charge in [0.05, 0.1) is 18.3 Å². The van der Waals surface area contributed by atoms with Crippen LogP contribution in [0.1, 0.15) is 0 Å². The average Bonchev–Trinajstić information content (AvgIpc) is 2.98. The lowest BCUT2D eigenvalue weighted by Gasteiger charge is -2.08. The Labute approximate surface area is 140 Å². The summed E-state index contributed by atoms with van der Waals surface area (Å²) in [5, 5.41) is 1.25. The maximum Gasteiger partial charge on any atom is 0.119 e. The number of pyridine rings is 1. The van der Waals surface area contributed by atoms with Crippen LogP contribution in [0.25, 0.3) is 44.4 Å². The summed E-state index contributed by atoms with van der Waals surface area (Å²) in [5.41, 5.74) is 8.22. The molecule has 0 saturated carbocycles. The molecule has 0 bridgehead atoms. The molecule has 2 nitrogen and oxygen atoms in total. The van der Waals surface area contributed by atoms with Crippen molar-refractivity contribution in [2.24, 2.45) is 0 Å². The molecule has 0 radical (unpaired) electrons. The van der Waals surface area contributed by atoms with Crippen LogP contribution in [0.15, 0.2) is 72.8 Å². The molecule has 1 aromatic heterocycles. The van der Waals surface area contributed by atoms with Crippen LogP contribution in [-0.2, 0) is 0 Å². The fourth-order valence-electron chi connectivity index (χ4n) is 3.61. The largest absolute Gasteiger partial charge is 0.497 e. The average molecular weight is 309 g/mol. The molecule has 1 heterocycles. The smallest absolute Gasteiger partial charge is 0.119 e. The number of nitrogens with zero attached hydrogens (tertiary/aromatic N) is 1. The molecule has 114 valence electrons. The fourth-order valence-corrected chi connectivity index (χ4v) is 3.61. The number of hydrogen-bond acceptors (Lipinski definition) is 2. The van der Waals surface area contributed by atoms with Gasteiger partial charge in [0.2, 0.25) is 0 Å². The zero-order valence-electron chi connectivity index (χ0n) is 13.3. The summed E-state index contributed by atoms with van der Waals surface area (Å²) in [6.07, 6.45) is 0. The molecule has 1 aliphatic rings. The Morgan fingerprint density at radius 1 is 0.708 bits per heavy atom. The van der Waals surface area contributed by atoms with Gasteiger partial charge in [0.25, 0.3) is 0 Å². The maximum atomic E-state index is 5.36. The minimum absolute atomic E-state index is 0.847. The van der Waals surface area contributed by atoms with Gasteiger partial charge in [0.15, 0.2) is 0 Å². The summed E-state index contributed by atoms with van der Waals surface area (Å²) in [6, 6.07) is 25.2. The summed E-state index contributed by atoms with van der Waals surface area (Å²) in [6.45, 7) is 0. The zero-order valence-corrected chi connectivity index (χ0v) is 13.3. The van der Waals surface area contributed by atoms with Crippen LogP contribution in [0.2, 0.25) is 0 Å². The molecule has 0 spiro atoms. The number of aromatic nitrogens is 1. The van der Waals surface area contributed by atoms with Gasteiger partial charge in [0, 0.05) is 10.9 Å². The van der Waals surface area contributed by atoms with Gasteiger partial charge in [0.1, 0.15) is 5.75 Å². The Balaban J connectivity index is 1.83. The first kappa shape index (κ1) is 13.3. The quantitative estimate of drug-likeness (QED) is 0.426. The minimum Gasteiger partial charge on any atom is -0.497 e. The van der Waals surface area contributed by atoms with E-state index in [1.54, 1.807) is 7.11 Å². The van der Waals surface area contributed by atoms with E-state index in [-0.39, 0.29) is 0 Å². The second-order valence-electron chi connectivity index (χ2n) is 6.03. The maximum absolute atomic E-state index is 5.36. The highest BCUT2D eigenvalue weighted by molar-refractivity contribution is 6.14. The lowest BCUT2D eigenvalue weighted by molar-refractivity contribution is 0.415. The SMILES string of the molecule is COc1cccc(-c2cc3c4c(cccc4n2)-c2ccccc2-3)c1. The second kappa shape index (κ2) is 4.93. The number of ether oxygens (including phenoxy) is 1. The normalized spacial score (nSPS) is 11.5. The first-order valence-corrected chi connectivity index (χ1v) is 8.03. The van der Waals surface area contributed by atoms with Crippen molar-refractivity contribution in [3.63, 3.8) is 0 Å². The molecule has 0 fully saturated rings. The van der Waals surface area contributed by atoms with Crippen LogP contribution in [0, 0.1) is 0 Å². The molecule has 3 aromatic carbocycles. The van der Waals surface area contributed by atoms with Crippen molar-refractivity contribution in [1.29, 1.82) is 0 Å². The predicted octanol–water partition coefficient (Wildman–Crippen LogP) is 5.56. The van der Waals surface area contributed by atoms with Crippen molar-refractivity contribution in [3.8, 4) is 39.3 Å². The van der Waals surface area contributed by atoms with E-state index >= 15 is 0 Å². The van der Waals surface area contributed by atoms with Crippen molar-refractivity contribution >= 4 is 10.9 Å². The van der Waals surface area contributed by atoms with E-state index in [0.29, 0.717) is 0 Å². The van der Waals surface area contributed by atoms with E-state index < -0.39 is 0 Å². The molecule has 0 unspecified atom stereocenters. The summed E-state index contributed by atoms with van der Waals surface area (Å²) < 4.78 is 5.36. The first-order valence-electron chi connectivity index (χ1n) is 8.03. The van der Waals surface area contributed by atoms with Crippen LogP contribution in [0.3, 0.4) is 0 Å². The molecule has 1 aliphatic carbocycles. The number of hydrogen-bond donors (Lipinski definition) is 0. The van der Waals surface area contributed by atoms with Gasteiger partial charge in [-0.25, -0.2) is 4.98 Å². The topological polar surface area (TPSA) is 22.1 Å². The molecule has 24 heavy (non-hydrogen) atoms. The standard InChI is InChI=1S/C22H15NO/c1-24-15-7-4-6-14(12-15)21-13-19-17-9-3-2-8-16(17)18-10-5-11-20(23-21)22(18)19/h2-13H,1H3. The van der Waals surface area contributed by atoms with E-state index in [1.807, 2.05) is 18.2 Å². The van der Waals surface area contributed by atoms with Crippen molar-refractivity contribution in [1.82, 2.24) is 4.98 Å². The van der Waals surface area contributed by atoms with Crippen molar-refractivity contribution in [3.05, 3.63) is 72.8 Å². The van der Waals surface area contributed by atoms with Gasteiger partial charge in [-0.1, -0.05) is 48.5 Å². The van der Waals surface area contributed by atoms with E-state index in [0.717, 1.165) is 22.5 Å². The molecule has 0 atom stereocenters. The Bertz CT molecular complexity index is 1100. The number of methoxy groups -OCH3 is 1. The second-order valence-corrected chi connectivity index (χ2v) is 6.03. The van der Waals surface area contributed by atoms with Crippen LogP contribution in [-0.4, -0.2) is 12.1 Å². The Morgan fingerprint density at radius 3 is 2.29 bits per heavy atom. The highest BCUT2D eigenvalue weighted by atomic mass is 16.5. The number of fused-ring (bicyclic) bond motifs is 3. The Morgan fingerprint density at radius 2 is 1.46 bits per heavy atom. The molecule has 0 saturated heterocycles. The van der Waals surface area contributed by atoms with Crippen molar-refractivity contribution < 1.29 is 4.74 Å². The molecule has 5 rings (SSSR count). The monoisotopic (exact) mass is 309 g/mol. The van der Waals surface area contributed by atoms with E-state index in [1.165, 1.54) is 27.6 Å².